The lowest BCUT2D eigenvalue weighted by Crippen LogP contribution is -1.96. The summed E-state index contributed by atoms with van der Waals surface area (Å²) in [5.74, 6) is 0. The maximum Gasteiger partial charge on any atom is 0.0702 e. The molecule has 0 unspecified atom stereocenters. The molecule has 3 heteroatoms. The van der Waals surface area contributed by atoms with Crippen molar-refractivity contribution in [1.82, 2.24) is 0 Å². The third kappa shape index (κ3) is 2.57. The van der Waals surface area contributed by atoms with Gasteiger partial charge in [0, 0.05) is 17.1 Å². The fourth-order valence-electron chi connectivity index (χ4n) is 1.94. The summed E-state index contributed by atoms with van der Waals surface area (Å²) >= 11 is 5.25. The maximum absolute atomic E-state index is 3.48. The van der Waals surface area contributed by atoms with Gasteiger partial charge in [0.1, 0.15) is 0 Å². The number of hydrogen-bond acceptors (Lipinski definition) is 2. The smallest absolute Gasteiger partial charge is 0.0702 e. The first kappa shape index (κ1) is 11.8. The van der Waals surface area contributed by atoms with Crippen LogP contribution in [0.5, 0.6) is 0 Å². The first-order valence-electron chi connectivity index (χ1n) is 5.78. The molecule has 1 aromatic heterocycles. The molecule has 2 aromatic carbocycles. The molecule has 0 amide bonds. The van der Waals surface area contributed by atoms with Crippen LogP contribution in [0.25, 0.3) is 10.8 Å². The average molecular weight is 318 g/mol. The molecule has 0 radical (unpaired) electrons. The van der Waals surface area contributed by atoms with Crippen LogP contribution in [0.2, 0.25) is 0 Å². The van der Waals surface area contributed by atoms with Crippen LogP contribution in [0.4, 0.5) is 5.69 Å². The Labute approximate surface area is 119 Å². The molecule has 0 bridgehead atoms. The van der Waals surface area contributed by atoms with E-state index in [-0.39, 0.29) is 0 Å². The fourth-order valence-corrected chi connectivity index (χ4v) is 3.36. The zero-order valence-corrected chi connectivity index (χ0v) is 12.1. The van der Waals surface area contributed by atoms with E-state index < -0.39 is 0 Å². The SMILES string of the molecule is Brc1ccc(CNc2ccc3ccccc3c2)s1. The van der Waals surface area contributed by atoms with Gasteiger partial charge in [-0.15, -0.1) is 11.3 Å². The van der Waals surface area contributed by atoms with E-state index in [1.165, 1.54) is 25.1 Å². The quantitative estimate of drug-likeness (QED) is 0.693. The van der Waals surface area contributed by atoms with Crippen molar-refractivity contribution in [2.45, 2.75) is 6.54 Å². The minimum absolute atomic E-state index is 0.870. The van der Waals surface area contributed by atoms with Crippen LogP contribution in [0.15, 0.2) is 58.4 Å². The summed E-state index contributed by atoms with van der Waals surface area (Å²) in [5, 5.41) is 6.01. The Hall–Kier alpha value is -1.32. The van der Waals surface area contributed by atoms with Crippen LogP contribution in [0.3, 0.4) is 0 Å². The Bertz CT molecular complexity index is 675. The molecule has 0 atom stereocenters. The number of halogens is 1. The van der Waals surface area contributed by atoms with Crippen molar-refractivity contribution in [3.63, 3.8) is 0 Å². The highest BCUT2D eigenvalue weighted by Gasteiger charge is 1.99. The standard InChI is InChI=1S/C15H12BrNS/c16-15-8-7-14(18-15)10-17-13-6-5-11-3-1-2-4-12(11)9-13/h1-9,17H,10H2. The number of hydrogen-bond donors (Lipinski definition) is 1. The van der Waals surface area contributed by atoms with Gasteiger partial charge in [0.15, 0.2) is 0 Å². The molecule has 1 nitrogen and oxygen atoms in total. The predicted molar refractivity (Wildman–Crippen MR) is 83.3 cm³/mol. The van der Waals surface area contributed by atoms with Gasteiger partial charge in [-0.1, -0.05) is 30.3 Å². The minimum atomic E-state index is 0.870. The zero-order valence-electron chi connectivity index (χ0n) is 9.69. The molecule has 0 saturated carbocycles. The first-order chi connectivity index (χ1) is 8.81. The summed E-state index contributed by atoms with van der Waals surface area (Å²) in [4.78, 5) is 1.33. The predicted octanol–water partition coefficient (Wildman–Crippen LogP) is 5.28. The highest BCUT2D eigenvalue weighted by atomic mass is 79.9. The van der Waals surface area contributed by atoms with Gasteiger partial charge < -0.3 is 5.32 Å². The zero-order chi connectivity index (χ0) is 12.4. The number of fused-ring (bicyclic) bond motifs is 1. The highest BCUT2D eigenvalue weighted by molar-refractivity contribution is 9.11. The van der Waals surface area contributed by atoms with Gasteiger partial charge in [0.05, 0.1) is 3.79 Å². The van der Waals surface area contributed by atoms with Crippen molar-refractivity contribution in [3.05, 3.63) is 63.3 Å². The lowest BCUT2D eigenvalue weighted by atomic mass is 10.1. The molecule has 3 rings (SSSR count). The number of rotatable bonds is 3. The summed E-state index contributed by atoms with van der Waals surface area (Å²) in [6.07, 6.45) is 0. The van der Waals surface area contributed by atoms with Crippen molar-refractivity contribution in [3.8, 4) is 0 Å². The molecule has 1 N–H and O–H groups in total. The number of thiophene rings is 1. The van der Waals surface area contributed by atoms with Gasteiger partial charge in [-0.2, -0.15) is 0 Å². The normalized spacial score (nSPS) is 10.7. The number of nitrogens with one attached hydrogen (secondary N) is 1. The van der Waals surface area contributed by atoms with Gasteiger partial charge in [-0.3, -0.25) is 0 Å². The summed E-state index contributed by atoms with van der Waals surface area (Å²) < 4.78 is 1.18. The van der Waals surface area contributed by atoms with Crippen molar-refractivity contribution in [2.24, 2.45) is 0 Å². The van der Waals surface area contributed by atoms with E-state index in [2.05, 4.69) is 75.8 Å². The molecule has 3 aromatic rings. The summed E-state index contributed by atoms with van der Waals surface area (Å²) in [6, 6.07) is 19.1. The Balaban J connectivity index is 1.78. The fraction of sp³-hybridized carbons (Fsp3) is 0.0667. The molecule has 0 aliphatic rings. The van der Waals surface area contributed by atoms with E-state index in [1.54, 1.807) is 11.3 Å². The van der Waals surface area contributed by atoms with Crippen molar-refractivity contribution in [2.75, 3.05) is 5.32 Å². The van der Waals surface area contributed by atoms with Crippen LogP contribution in [0, 0.1) is 0 Å². The molecule has 1 heterocycles. The number of anilines is 1. The second kappa shape index (κ2) is 5.12. The van der Waals surface area contributed by atoms with E-state index in [0.717, 1.165) is 6.54 Å². The summed E-state index contributed by atoms with van der Waals surface area (Å²) in [5.41, 5.74) is 1.17. The van der Waals surface area contributed by atoms with Gasteiger partial charge >= 0.3 is 0 Å². The van der Waals surface area contributed by atoms with Crippen molar-refractivity contribution in [1.29, 1.82) is 0 Å². The van der Waals surface area contributed by atoms with Gasteiger partial charge in [-0.25, -0.2) is 0 Å². The van der Waals surface area contributed by atoms with Gasteiger partial charge in [0.2, 0.25) is 0 Å². The van der Waals surface area contributed by atoms with E-state index in [1.807, 2.05) is 0 Å². The molecule has 0 aliphatic carbocycles. The molecular formula is C15H12BrNS. The monoisotopic (exact) mass is 317 g/mol. The van der Waals surface area contributed by atoms with E-state index >= 15 is 0 Å². The summed E-state index contributed by atoms with van der Waals surface area (Å²) in [6.45, 7) is 0.870. The molecule has 90 valence electrons. The highest BCUT2D eigenvalue weighted by Crippen LogP contribution is 2.24. The van der Waals surface area contributed by atoms with Crippen LogP contribution in [-0.4, -0.2) is 0 Å². The number of benzene rings is 2. The Kier molecular flexibility index (Phi) is 3.35. The van der Waals surface area contributed by atoms with Crippen LogP contribution < -0.4 is 5.32 Å². The Morgan fingerprint density at radius 2 is 1.78 bits per heavy atom. The van der Waals surface area contributed by atoms with Crippen LogP contribution in [0.1, 0.15) is 4.88 Å². The third-order valence-corrected chi connectivity index (χ3v) is 4.47. The Morgan fingerprint density at radius 1 is 0.944 bits per heavy atom. The molecule has 0 saturated heterocycles. The van der Waals surface area contributed by atoms with Crippen molar-refractivity contribution >= 4 is 43.7 Å². The second-order valence-corrected chi connectivity index (χ2v) is 6.67. The van der Waals surface area contributed by atoms with Crippen LogP contribution >= 0.6 is 27.3 Å². The molecule has 0 fully saturated rings. The minimum Gasteiger partial charge on any atom is -0.380 e. The van der Waals surface area contributed by atoms with Crippen LogP contribution in [-0.2, 0) is 6.54 Å². The van der Waals surface area contributed by atoms with E-state index in [4.69, 9.17) is 0 Å². The lowest BCUT2D eigenvalue weighted by Gasteiger charge is -2.06. The summed E-state index contributed by atoms with van der Waals surface area (Å²) in [7, 11) is 0. The van der Waals surface area contributed by atoms with Gasteiger partial charge in [-0.05, 0) is 51.0 Å². The molecule has 0 spiro atoms. The lowest BCUT2D eigenvalue weighted by molar-refractivity contribution is 1.20. The molecule has 18 heavy (non-hydrogen) atoms. The topological polar surface area (TPSA) is 12.0 Å². The Morgan fingerprint density at radius 3 is 2.56 bits per heavy atom. The third-order valence-electron chi connectivity index (χ3n) is 2.85. The van der Waals surface area contributed by atoms with E-state index in [9.17, 15) is 0 Å². The second-order valence-electron chi connectivity index (χ2n) is 4.12. The average Bonchev–Trinajstić information content (AvgIpc) is 2.82. The van der Waals surface area contributed by atoms with E-state index in [0.29, 0.717) is 0 Å². The van der Waals surface area contributed by atoms with Crippen molar-refractivity contribution < 1.29 is 0 Å². The molecule has 0 aliphatic heterocycles. The maximum atomic E-state index is 3.48. The molecular weight excluding hydrogens is 306 g/mol. The first-order valence-corrected chi connectivity index (χ1v) is 7.39. The van der Waals surface area contributed by atoms with Gasteiger partial charge in [0.25, 0.3) is 0 Å². The largest absolute Gasteiger partial charge is 0.380 e.